The molecule has 1 N–H and O–H groups in total. The SMILES string of the molecule is CCN(C(=O)CNc1ccc(C(C)C)cc1)C1CC1. The lowest BCUT2D eigenvalue weighted by Gasteiger charge is -2.20. The van der Waals surface area contributed by atoms with E-state index in [1.807, 2.05) is 11.8 Å². The summed E-state index contributed by atoms with van der Waals surface area (Å²) in [5.74, 6) is 0.749. The van der Waals surface area contributed by atoms with Crippen LogP contribution < -0.4 is 5.32 Å². The van der Waals surface area contributed by atoms with Crippen molar-refractivity contribution >= 4 is 11.6 Å². The molecule has 1 amide bonds. The summed E-state index contributed by atoms with van der Waals surface area (Å²) in [5.41, 5.74) is 2.34. The number of nitrogens with one attached hydrogen (secondary N) is 1. The highest BCUT2D eigenvalue weighted by molar-refractivity contribution is 5.81. The average molecular weight is 260 g/mol. The Morgan fingerprint density at radius 3 is 2.42 bits per heavy atom. The van der Waals surface area contributed by atoms with Crippen molar-refractivity contribution in [1.82, 2.24) is 4.90 Å². The van der Waals surface area contributed by atoms with E-state index in [-0.39, 0.29) is 5.91 Å². The van der Waals surface area contributed by atoms with E-state index in [2.05, 4.69) is 43.4 Å². The number of hydrogen-bond donors (Lipinski definition) is 1. The van der Waals surface area contributed by atoms with Crippen LogP contribution in [0.1, 0.15) is 45.1 Å². The maximum absolute atomic E-state index is 12.1. The second-order valence-corrected chi connectivity index (χ2v) is 5.54. The lowest BCUT2D eigenvalue weighted by atomic mass is 10.0. The highest BCUT2D eigenvalue weighted by atomic mass is 16.2. The fourth-order valence-corrected chi connectivity index (χ4v) is 2.29. The van der Waals surface area contributed by atoms with Gasteiger partial charge < -0.3 is 10.2 Å². The summed E-state index contributed by atoms with van der Waals surface area (Å²) in [6.45, 7) is 7.62. The number of benzene rings is 1. The van der Waals surface area contributed by atoms with Crippen LogP contribution in [0.15, 0.2) is 24.3 Å². The fourth-order valence-electron chi connectivity index (χ4n) is 2.29. The van der Waals surface area contributed by atoms with Gasteiger partial charge in [0.05, 0.1) is 6.54 Å². The second kappa shape index (κ2) is 6.09. The standard InChI is InChI=1S/C16H24N2O/c1-4-18(15-9-10-15)16(19)11-17-14-7-5-13(6-8-14)12(2)3/h5-8,12,15,17H,4,9-11H2,1-3H3. The van der Waals surface area contributed by atoms with Crippen molar-refractivity contribution in [2.75, 3.05) is 18.4 Å². The predicted molar refractivity (Wildman–Crippen MR) is 79.4 cm³/mol. The molecule has 1 fully saturated rings. The van der Waals surface area contributed by atoms with Gasteiger partial charge in [-0.1, -0.05) is 26.0 Å². The van der Waals surface area contributed by atoms with Crippen LogP contribution in [0.5, 0.6) is 0 Å². The van der Waals surface area contributed by atoms with Gasteiger partial charge in [-0.2, -0.15) is 0 Å². The Hall–Kier alpha value is -1.51. The molecule has 0 aromatic heterocycles. The van der Waals surface area contributed by atoms with E-state index in [1.54, 1.807) is 0 Å². The first-order valence-electron chi connectivity index (χ1n) is 7.25. The van der Waals surface area contributed by atoms with Crippen LogP contribution in [0.25, 0.3) is 0 Å². The molecule has 0 spiro atoms. The molecule has 1 aromatic carbocycles. The molecule has 0 heterocycles. The Morgan fingerprint density at radius 1 is 1.32 bits per heavy atom. The van der Waals surface area contributed by atoms with Gasteiger partial charge in [0.2, 0.25) is 5.91 Å². The largest absolute Gasteiger partial charge is 0.376 e. The van der Waals surface area contributed by atoms with Crippen LogP contribution in [-0.2, 0) is 4.79 Å². The Morgan fingerprint density at radius 2 is 1.95 bits per heavy atom. The highest BCUT2D eigenvalue weighted by Crippen LogP contribution is 2.26. The molecule has 19 heavy (non-hydrogen) atoms. The van der Waals surface area contributed by atoms with Crippen molar-refractivity contribution in [3.05, 3.63) is 29.8 Å². The van der Waals surface area contributed by atoms with Crippen LogP contribution in [-0.4, -0.2) is 29.9 Å². The molecule has 1 aliphatic carbocycles. The fraction of sp³-hybridized carbons (Fsp3) is 0.562. The lowest BCUT2D eigenvalue weighted by molar-refractivity contribution is -0.129. The molecule has 1 aromatic rings. The van der Waals surface area contributed by atoms with Crippen LogP contribution in [0.3, 0.4) is 0 Å². The first-order chi connectivity index (χ1) is 9.11. The summed E-state index contributed by atoms with van der Waals surface area (Å²) in [6.07, 6.45) is 2.34. The average Bonchev–Trinajstić information content (AvgIpc) is 3.22. The Kier molecular flexibility index (Phi) is 4.46. The molecule has 1 aliphatic rings. The summed E-state index contributed by atoms with van der Waals surface area (Å²) in [7, 11) is 0. The van der Waals surface area contributed by atoms with E-state index in [4.69, 9.17) is 0 Å². The first kappa shape index (κ1) is 13.9. The third-order valence-electron chi connectivity index (χ3n) is 3.67. The molecule has 3 heteroatoms. The quantitative estimate of drug-likeness (QED) is 0.851. The zero-order valence-electron chi connectivity index (χ0n) is 12.1. The van der Waals surface area contributed by atoms with Crippen molar-refractivity contribution in [2.45, 2.75) is 45.6 Å². The van der Waals surface area contributed by atoms with Gasteiger partial charge in [-0.05, 0) is 43.4 Å². The third kappa shape index (κ3) is 3.72. The predicted octanol–water partition coefficient (Wildman–Crippen LogP) is 3.23. The molecular formula is C16H24N2O. The topological polar surface area (TPSA) is 32.3 Å². The maximum Gasteiger partial charge on any atom is 0.242 e. The zero-order valence-corrected chi connectivity index (χ0v) is 12.1. The normalized spacial score (nSPS) is 14.5. The second-order valence-electron chi connectivity index (χ2n) is 5.54. The number of nitrogens with zero attached hydrogens (tertiary/aromatic N) is 1. The highest BCUT2D eigenvalue weighted by Gasteiger charge is 2.30. The molecule has 0 radical (unpaired) electrons. The van der Waals surface area contributed by atoms with Crippen molar-refractivity contribution in [3.8, 4) is 0 Å². The number of hydrogen-bond acceptors (Lipinski definition) is 2. The molecule has 3 nitrogen and oxygen atoms in total. The summed E-state index contributed by atoms with van der Waals surface area (Å²) < 4.78 is 0. The van der Waals surface area contributed by atoms with Crippen LogP contribution in [0.2, 0.25) is 0 Å². The van der Waals surface area contributed by atoms with Gasteiger partial charge in [-0.25, -0.2) is 0 Å². The maximum atomic E-state index is 12.1. The molecule has 0 bridgehead atoms. The number of rotatable bonds is 6. The monoisotopic (exact) mass is 260 g/mol. The third-order valence-corrected chi connectivity index (χ3v) is 3.67. The van der Waals surface area contributed by atoms with Crippen molar-refractivity contribution in [3.63, 3.8) is 0 Å². The minimum atomic E-state index is 0.206. The lowest BCUT2D eigenvalue weighted by Crippen LogP contribution is -2.37. The summed E-state index contributed by atoms with van der Waals surface area (Å²) in [4.78, 5) is 14.0. The molecule has 0 saturated heterocycles. The van der Waals surface area contributed by atoms with Crippen LogP contribution in [0, 0.1) is 0 Å². The molecule has 2 rings (SSSR count). The first-order valence-corrected chi connectivity index (χ1v) is 7.25. The van der Waals surface area contributed by atoms with Crippen LogP contribution >= 0.6 is 0 Å². The molecule has 0 unspecified atom stereocenters. The van der Waals surface area contributed by atoms with Crippen molar-refractivity contribution < 1.29 is 4.79 Å². The Bertz CT molecular complexity index is 421. The summed E-state index contributed by atoms with van der Waals surface area (Å²) >= 11 is 0. The van der Waals surface area contributed by atoms with Crippen molar-refractivity contribution in [1.29, 1.82) is 0 Å². The Balaban J connectivity index is 1.85. The van der Waals surface area contributed by atoms with E-state index in [1.165, 1.54) is 18.4 Å². The molecule has 104 valence electrons. The summed E-state index contributed by atoms with van der Waals surface area (Å²) in [5, 5.41) is 3.22. The Labute approximate surface area is 116 Å². The zero-order chi connectivity index (χ0) is 13.8. The van der Waals surface area contributed by atoms with Gasteiger partial charge in [-0.3, -0.25) is 4.79 Å². The van der Waals surface area contributed by atoms with E-state index >= 15 is 0 Å². The minimum absolute atomic E-state index is 0.206. The van der Waals surface area contributed by atoms with Gasteiger partial charge in [0.15, 0.2) is 0 Å². The minimum Gasteiger partial charge on any atom is -0.376 e. The number of likely N-dealkylation sites (N-methyl/N-ethyl adjacent to an activating group) is 1. The van der Waals surface area contributed by atoms with Gasteiger partial charge in [-0.15, -0.1) is 0 Å². The number of amides is 1. The number of carbonyl (C=O) groups excluding carboxylic acids is 1. The smallest absolute Gasteiger partial charge is 0.242 e. The molecule has 0 atom stereocenters. The van der Waals surface area contributed by atoms with Gasteiger partial charge in [0.1, 0.15) is 0 Å². The number of carbonyl (C=O) groups is 1. The summed E-state index contributed by atoms with van der Waals surface area (Å²) in [6, 6.07) is 8.85. The van der Waals surface area contributed by atoms with Crippen molar-refractivity contribution in [2.24, 2.45) is 0 Å². The van der Waals surface area contributed by atoms with Gasteiger partial charge in [0, 0.05) is 18.3 Å². The molecule has 0 aliphatic heterocycles. The van der Waals surface area contributed by atoms with E-state index in [0.29, 0.717) is 18.5 Å². The van der Waals surface area contributed by atoms with Crippen LogP contribution in [0.4, 0.5) is 5.69 Å². The molecule has 1 saturated carbocycles. The molecular weight excluding hydrogens is 236 g/mol. The van der Waals surface area contributed by atoms with E-state index in [9.17, 15) is 4.79 Å². The number of anilines is 1. The van der Waals surface area contributed by atoms with E-state index < -0.39 is 0 Å². The van der Waals surface area contributed by atoms with Gasteiger partial charge in [0.25, 0.3) is 0 Å². The van der Waals surface area contributed by atoms with E-state index in [0.717, 1.165) is 12.2 Å². The van der Waals surface area contributed by atoms with Gasteiger partial charge >= 0.3 is 0 Å².